The quantitative estimate of drug-likeness (QED) is 0.824. The Hall–Kier alpha value is -0.860. The third kappa shape index (κ3) is 2.38. The molecule has 0 aliphatic heterocycles. The van der Waals surface area contributed by atoms with E-state index in [-0.39, 0.29) is 11.5 Å². The van der Waals surface area contributed by atoms with Crippen molar-refractivity contribution in [1.29, 1.82) is 0 Å². The van der Waals surface area contributed by atoms with Gasteiger partial charge in [0.1, 0.15) is 0 Å². The van der Waals surface area contributed by atoms with E-state index in [0.29, 0.717) is 6.54 Å². The first-order valence-electron chi connectivity index (χ1n) is 6.53. The topological polar surface area (TPSA) is 46.2 Å². The van der Waals surface area contributed by atoms with Gasteiger partial charge in [-0.15, -0.1) is 0 Å². The average Bonchev–Trinajstić information content (AvgIpc) is 2.34. The van der Waals surface area contributed by atoms with Crippen LogP contribution in [0.2, 0.25) is 0 Å². The first kappa shape index (κ1) is 12.6. The molecule has 0 amide bonds. The smallest absolute Gasteiger partial charge is 0.0541 e. The highest BCUT2D eigenvalue weighted by Crippen LogP contribution is 2.40. The number of hydrogen-bond donors (Lipinski definition) is 2. The van der Waals surface area contributed by atoms with Gasteiger partial charge in [0.15, 0.2) is 0 Å². The van der Waals surface area contributed by atoms with Crippen LogP contribution in [-0.2, 0) is 5.41 Å². The van der Waals surface area contributed by atoms with Crippen molar-refractivity contribution >= 4 is 0 Å². The van der Waals surface area contributed by atoms with Crippen LogP contribution in [0.4, 0.5) is 0 Å². The van der Waals surface area contributed by atoms with Crippen LogP contribution < -0.4 is 5.73 Å². The molecule has 0 bridgehead atoms. The Morgan fingerprint density at radius 2 is 1.94 bits per heavy atom. The van der Waals surface area contributed by atoms with Crippen LogP contribution in [0.1, 0.15) is 42.4 Å². The van der Waals surface area contributed by atoms with Crippen molar-refractivity contribution in [1.82, 2.24) is 0 Å². The molecule has 2 nitrogen and oxygen atoms in total. The summed E-state index contributed by atoms with van der Waals surface area (Å²) in [5.74, 6) is 0. The molecule has 0 unspecified atom stereocenters. The molecule has 1 aliphatic rings. The lowest BCUT2D eigenvalue weighted by Crippen LogP contribution is -2.40. The second-order valence-electron chi connectivity index (χ2n) is 5.53. The molecule has 0 atom stereocenters. The predicted octanol–water partition coefficient (Wildman–Crippen LogP) is 2.43. The summed E-state index contributed by atoms with van der Waals surface area (Å²) in [6, 6.07) is 6.62. The van der Waals surface area contributed by atoms with Crippen LogP contribution >= 0.6 is 0 Å². The Kier molecular flexibility index (Phi) is 3.55. The van der Waals surface area contributed by atoms with Gasteiger partial charge in [-0.25, -0.2) is 0 Å². The molecule has 1 aliphatic carbocycles. The third-order valence-electron chi connectivity index (χ3n) is 4.27. The van der Waals surface area contributed by atoms with Gasteiger partial charge in [-0.05, 0) is 50.7 Å². The number of aryl methyl sites for hydroxylation is 2. The highest BCUT2D eigenvalue weighted by molar-refractivity contribution is 5.37. The summed E-state index contributed by atoms with van der Waals surface area (Å²) in [7, 11) is 0. The summed E-state index contributed by atoms with van der Waals surface area (Å²) in [5.41, 5.74) is 10.2. The van der Waals surface area contributed by atoms with Gasteiger partial charge < -0.3 is 10.8 Å². The van der Waals surface area contributed by atoms with Gasteiger partial charge in [-0.1, -0.05) is 23.8 Å². The van der Waals surface area contributed by atoms with Gasteiger partial charge in [-0.2, -0.15) is 0 Å². The van der Waals surface area contributed by atoms with Crippen molar-refractivity contribution in [3.8, 4) is 0 Å². The molecule has 1 aromatic carbocycles. The maximum atomic E-state index is 9.67. The number of nitrogens with two attached hydrogens (primary N) is 1. The zero-order valence-corrected chi connectivity index (χ0v) is 10.9. The van der Waals surface area contributed by atoms with Gasteiger partial charge >= 0.3 is 0 Å². The fourth-order valence-electron chi connectivity index (χ4n) is 3.05. The van der Waals surface area contributed by atoms with Gasteiger partial charge in [-0.3, -0.25) is 0 Å². The molecule has 0 radical (unpaired) electrons. The number of benzene rings is 1. The zero-order valence-electron chi connectivity index (χ0n) is 10.9. The normalized spacial score (nSPS) is 29.3. The van der Waals surface area contributed by atoms with Crippen molar-refractivity contribution in [2.75, 3.05) is 6.54 Å². The van der Waals surface area contributed by atoms with E-state index in [0.717, 1.165) is 25.7 Å². The van der Waals surface area contributed by atoms with E-state index in [1.54, 1.807) is 0 Å². The van der Waals surface area contributed by atoms with Crippen LogP contribution in [0.5, 0.6) is 0 Å². The number of aliphatic hydroxyl groups is 1. The lowest BCUT2D eigenvalue weighted by atomic mass is 9.67. The third-order valence-corrected chi connectivity index (χ3v) is 4.27. The van der Waals surface area contributed by atoms with Crippen molar-refractivity contribution in [2.45, 2.75) is 51.0 Å². The molecular weight excluding hydrogens is 210 g/mol. The second kappa shape index (κ2) is 4.79. The molecule has 0 heterocycles. The maximum absolute atomic E-state index is 9.67. The lowest BCUT2D eigenvalue weighted by molar-refractivity contribution is 0.0972. The lowest BCUT2D eigenvalue weighted by Gasteiger charge is -2.39. The minimum atomic E-state index is -0.125. The van der Waals surface area contributed by atoms with E-state index in [9.17, 15) is 5.11 Å². The summed E-state index contributed by atoms with van der Waals surface area (Å²) in [4.78, 5) is 0. The van der Waals surface area contributed by atoms with E-state index in [1.165, 1.54) is 16.7 Å². The molecule has 94 valence electrons. The van der Waals surface area contributed by atoms with Gasteiger partial charge in [0, 0.05) is 12.0 Å². The van der Waals surface area contributed by atoms with Crippen LogP contribution in [0.25, 0.3) is 0 Å². The first-order valence-corrected chi connectivity index (χ1v) is 6.53. The number of hydrogen-bond acceptors (Lipinski definition) is 2. The van der Waals surface area contributed by atoms with Crippen molar-refractivity contribution in [2.24, 2.45) is 5.73 Å². The van der Waals surface area contributed by atoms with Crippen LogP contribution in [0.3, 0.4) is 0 Å². The van der Waals surface area contributed by atoms with Gasteiger partial charge in [0.2, 0.25) is 0 Å². The van der Waals surface area contributed by atoms with Crippen molar-refractivity contribution in [3.05, 3.63) is 34.9 Å². The Bertz CT molecular complexity index is 392. The molecule has 0 aromatic heterocycles. The highest BCUT2D eigenvalue weighted by atomic mass is 16.3. The summed E-state index contributed by atoms with van der Waals surface area (Å²) >= 11 is 0. The number of aliphatic hydroxyl groups excluding tert-OH is 1. The van der Waals surface area contributed by atoms with Crippen molar-refractivity contribution in [3.63, 3.8) is 0 Å². The minimum absolute atomic E-state index is 0.0926. The molecular formula is C15H23NO. The minimum Gasteiger partial charge on any atom is -0.393 e. The molecule has 0 saturated heterocycles. The highest BCUT2D eigenvalue weighted by Gasteiger charge is 2.36. The molecule has 0 spiro atoms. The standard InChI is InChI=1S/C15H23NO/c1-11-3-4-12(2)14(9-11)15(10-16)7-5-13(17)6-8-15/h3-4,9,13,17H,5-8,10,16H2,1-2H3. The Morgan fingerprint density at radius 1 is 1.29 bits per heavy atom. The van der Waals surface area contributed by atoms with Crippen LogP contribution in [-0.4, -0.2) is 17.8 Å². The number of rotatable bonds is 2. The van der Waals surface area contributed by atoms with E-state index in [1.807, 2.05) is 0 Å². The van der Waals surface area contributed by atoms with E-state index < -0.39 is 0 Å². The Labute approximate surface area is 104 Å². The fraction of sp³-hybridized carbons (Fsp3) is 0.600. The van der Waals surface area contributed by atoms with Crippen molar-refractivity contribution < 1.29 is 5.11 Å². The van der Waals surface area contributed by atoms with E-state index in [4.69, 9.17) is 5.73 Å². The summed E-state index contributed by atoms with van der Waals surface area (Å²) < 4.78 is 0. The van der Waals surface area contributed by atoms with Gasteiger partial charge in [0.25, 0.3) is 0 Å². The molecule has 2 heteroatoms. The van der Waals surface area contributed by atoms with E-state index in [2.05, 4.69) is 32.0 Å². The SMILES string of the molecule is Cc1ccc(C)c(C2(CN)CCC(O)CC2)c1. The predicted molar refractivity (Wildman–Crippen MR) is 71.1 cm³/mol. The molecule has 1 aromatic rings. The first-order chi connectivity index (χ1) is 8.07. The molecule has 1 saturated carbocycles. The fourth-order valence-corrected chi connectivity index (χ4v) is 3.05. The van der Waals surface area contributed by atoms with E-state index >= 15 is 0 Å². The zero-order chi connectivity index (χ0) is 12.5. The molecule has 17 heavy (non-hydrogen) atoms. The Morgan fingerprint density at radius 3 is 2.53 bits per heavy atom. The average molecular weight is 233 g/mol. The summed E-state index contributed by atoms with van der Waals surface area (Å²) in [5, 5.41) is 9.67. The molecule has 3 N–H and O–H groups in total. The van der Waals surface area contributed by atoms with Crippen LogP contribution in [0.15, 0.2) is 18.2 Å². The van der Waals surface area contributed by atoms with Crippen LogP contribution in [0, 0.1) is 13.8 Å². The summed E-state index contributed by atoms with van der Waals surface area (Å²) in [6.45, 7) is 4.98. The molecule has 2 rings (SSSR count). The summed E-state index contributed by atoms with van der Waals surface area (Å²) in [6.07, 6.45) is 3.65. The second-order valence-corrected chi connectivity index (χ2v) is 5.53. The monoisotopic (exact) mass is 233 g/mol. The maximum Gasteiger partial charge on any atom is 0.0541 e. The largest absolute Gasteiger partial charge is 0.393 e. The Balaban J connectivity index is 2.37. The van der Waals surface area contributed by atoms with Gasteiger partial charge in [0.05, 0.1) is 6.10 Å². The molecule has 1 fully saturated rings.